The van der Waals surface area contributed by atoms with Gasteiger partial charge in [0.2, 0.25) is 0 Å². The van der Waals surface area contributed by atoms with Crippen LogP contribution in [0.5, 0.6) is 0 Å². The molecule has 152 valence electrons. The van der Waals surface area contributed by atoms with E-state index in [1.54, 1.807) is 19.2 Å². The number of urea groups is 1. The van der Waals surface area contributed by atoms with Gasteiger partial charge in [-0.3, -0.25) is 9.69 Å². The molecule has 1 aromatic rings. The molecular weight excluding hydrogens is 382 g/mol. The zero-order valence-corrected chi connectivity index (χ0v) is 17.1. The standard InChI is InChI=1S/C19H25N3O5S/c1-4-27-16(24)14(15-20-12(3)10-28-15)13(23)9-22-17(25)19(21-18(22)26)7-5-11(2)6-8-19/h10-11,23H,4-9H2,1-3H3,(H,21,26)/b14-13-. The third-order valence-electron chi connectivity index (χ3n) is 5.28. The predicted molar refractivity (Wildman–Crippen MR) is 104 cm³/mol. The number of aryl methyl sites for hydroxylation is 1. The monoisotopic (exact) mass is 407 g/mol. The number of nitrogens with zero attached hydrogens (tertiary/aromatic N) is 2. The first-order valence-electron chi connectivity index (χ1n) is 9.43. The molecule has 2 fully saturated rings. The van der Waals surface area contributed by atoms with E-state index in [1.165, 1.54) is 11.3 Å². The first-order chi connectivity index (χ1) is 13.3. The maximum atomic E-state index is 13.0. The van der Waals surface area contributed by atoms with Gasteiger partial charge in [-0.25, -0.2) is 14.6 Å². The Bertz CT molecular complexity index is 823. The topological polar surface area (TPSA) is 109 Å². The number of amides is 3. The van der Waals surface area contributed by atoms with E-state index in [1.807, 2.05) is 0 Å². The minimum atomic E-state index is -0.897. The fraction of sp³-hybridized carbons (Fsp3) is 0.579. The Labute approximate surface area is 167 Å². The van der Waals surface area contributed by atoms with Crippen molar-refractivity contribution in [2.24, 2.45) is 5.92 Å². The minimum Gasteiger partial charge on any atom is -0.509 e. The van der Waals surface area contributed by atoms with E-state index < -0.39 is 29.8 Å². The lowest BCUT2D eigenvalue weighted by Gasteiger charge is -2.33. The van der Waals surface area contributed by atoms with Gasteiger partial charge in [-0.15, -0.1) is 11.3 Å². The van der Waals surface area contributed by atoms with Gasteiger partial charge in [0.1, 0.15) is 21.9 Å². The molecule has 0 radical (unpaired) electrons. The lowest BCUT2D eigenvalue weighted by Crippen LogP contribution is -2.49. The normalized spacial score (nSPS) is 25.7. The second-order valence-corrected chi connectivity index (χ2v) is 8.28. The summed E-state index contributed by atoms with van der Waals surface area (Å²) in [5.74, 6) is -0.976. The molecule has 9 heteroatoms. The van der Waals surface area contributed by atoms with E-state index in [-0.39, 0.29) is 18.1 Å². The Morgan fingerprint density at radius 2 is 2.11 bits per heavy atom. The maximum absolute atomic E-state index is 13.0. The maximum Gasteiger partial charge on any atom is 0.344 e. The summed E-state index contributed by atoms with van der Waals surface area (Å²) < 4.78 is 5.03. The summed E-state index contributed by atoms with van der Waals surface area (Å²) in [6, 6.07) is -0.551. The average molecular weight is 407 g/mol. The Hall–Kier alpha value is -2.42. The number of hydrogen-bond donors (Lipinski definition) is 2. The second kappa shape index (κ2) is 7.90. The molecule has 2 heterocycles. The molecule has 28 heavy (non-hydrogen) atoms. The quantitative estimate of drug-likeness (QED) is 0.336. The van der Waals surface area contributed by atoms with Crippen LogP contribution < -0.4 is 5.32 Å². The average Bonchev–Trinajstić information content (AvgIpc) is 3.15. The smallest absolute Gasteiger partial charge is 0.344 e. The van der Waals surface area contributed by atoms with Crippen LogP contribution in [0.4, 0.5) is 4.79 Å². The summed E-state index contributed by atoms with van der Waals surface area (Å²) >= 11 is 1.19. The Balaban J connectivity index is 1.88. The van der Waals surface area contributed by atoms with Crippen LogP contribution in [0.3, 0.4) is 0 Å². The first-order valence-corrected chi connectivity index (χ1v) is 10.3. The summed E-state index contributed by atoms with van der Waals surface area (Å²) in [5, 5.41) is 15.5. The molecule has 0 bridgehead atoms. The van der Waals surface area contributed by atoms with E-state index in [9.17, 15) is 19.5 Å². The van der Waals surface area contributed by atoms with Gasteiger partial charge in [-0.2, -0.15) is 0 Å². The molecule has 0 aromatic carbocycles. The molecule has 1 aromatic heterocycles. The van der Waals surface area contributed by atoms with Crippen molar-refractivity contribution in [3.63, 3.8) is 0 Å². The zero-order chi connectivity index (χ0) is 20.5. The SMILES string of the molecule is CCOC(=O)/C(=C(\O)CN1C(=O)NC2(CCC(C)CC2)C1=O)c1nc(C)cs1. The van der Waals surface area contributed by atoms with Gasteiger partial charge in [-0.1, -0.05) is 6.92 Å². The third-order valence-corrected chi connectivity index (χ3v) is 6.26. The number of hydrogen-bond acceptors (Lipinski definition) is 7. The molecule has 2 N–H and O–H groups in total. The van der Waals surface area contributed by atoms with Gasteiger partial charge in [0.25, 0.3) is 5.91 Å². The highest BCUT2D eigenvalue weighted by Crippen LogP contribution is 2.36. The molecule has 2 aliphatic rings. The van der Waals surface area contributed by atoms with E-state index in [0.29, 0.717) is 29.5 Å². The van der Waals surface area contributed by atoms with Gasteiger partial charge < -0.3 is 15.2 Å². The first kappa shape index (κ1) is 20.3. The van der Waals surface area contributed by atoms with Gasteiger partial charge in [0.15, 0.2) is 0 Å². The molecule has 1 saturated heterocycles. The summed E-state index contributed by atoms with van der Waals surface area (Å²) in [5.41, 5.74) is -0.315. The van der Waals surface area contributed by atoms with Crippen LogP contribution >= 0.6 is 11.3 Å². The fourth-order valence-electron chi connectivity index (χ4n) is 3.64. The Kier molecular flexibility index (Phi) is 5.74. The highest BCUT2D eigenvalue weighted by Gasteiger charge is 2.52. The molecule has 1 spiro atoms. The number of esters is 1. The fourth-order valence-corrected chi connectivity index (χ4v) is 4.49. The lowest BCUT2D eigenvalue weighted by molar-refractivity contribution is -0.136. The number of ether oxygens (including phenoxy) is 1. The predicted octanol–water partition coefficient (Wildman–Crippen LogP) is 2.78. The molecule has 0 unspecified atom stereocenters. The van der Waals surface area contributed by atoms with Gasteiger partial charge in [-0.05, 0) is 45.4 Å². The van der Waals surface area contributed by atoms with E-state index in [0.717, 1.165) is 17.7 Å². The molecule has 1 aliphatic heterocycles. The van der Waals surface area contributed by atoms with Crippen LogP contribution in [0.25, 0.3) is 5.57 Å². The Morgan fingerprint density at radius 1 is 1.43 bits per heavy atom. The van der Waals surface area contributed by atoms with Crippen molar-refractivity contribution in [3.05, 3.63) is 21.8 Å². The molecule has 8 nitrogen and oxygen atoms in total. The number of thiazole rings is 1. The van der Waals surface area contributed by atoms with Crippen molar-refractivity contribution < 1.29 is 24.2 Å². The highest BCUT2D eigenvalue weighted by molar-refractivity contribution is 7.11. The van der Waals surface area contributed by atoms with Gasteiger partial charge >= 0.3 is 12.0 Å². The van der Waals surface area contributed by atoms with Crippen molar-refractivity contribution in [3.8, 4) is 0 Å². The number of imide groups is 1. The van der Waals surface area contributed by atoms with Crippen LogP contribution in [-0.4, -0.2) is 51.6 Å². The molecule has 3 rings (SSSR count). The molecule has 0 atom stereocenters. The largest absolute Gasteiger partial charge is 0.509 e. The number of rotatable bonds is 5. The van der Waals surface area contributed by atoms with Crippen LogP contribution in [0, 0.1) is 12.8 Å². The molecule has 1 saturated carbocycles. The summed E-state index contributed by atoms with van der Waals surface area (Å²) in [4.78, 5) is 43.0. The number of carbonyl (C=O) groups is 3. The van der Waals surface area contributed by atoms with Crippen molar-refractivity contribution in [1.29, 1.82) is 0 Å². The van der Waals surface area contributed by atoms with Crippen molar-refractivity contribution in [2.45, 2.75) is 52.0 Å². The number of aromatic nitrogens is 1. The van der Waals surface area contributed by atoms with Crippen molar-refractivity contribution in [1.82, 2.24) is 15.2 Å². The number of nitrogens with one attached hydrogen (secondary N) is 1. The van der Waals surface area contributed by atoms with Crippen LogP contribution in [-0.2, 0) is 14.3 Å². The van der Waals surface area contributed by atoms with Gasteiger partial charge in [0, 0.05) is 11.1 Å². The number of aliphatic hydroxyl groups is 1. The summed E-state index contributed by atoms with van der Waals surface area (Å²) in [6.07, 6.45) is 2.87. The molecule has 1 aliphatic carbocycles. The van der Waals surface area contributed by atoms with Crippen LogP contribution in [0.2, 0.25) is 0 Å². The van der Waals surface area contributed by atoms with E-state index in [4.69, 9.17) is 4.74 Å². The molecule has 3 amide bonds. The highest BCUT2D eigenvalue weighted by atomic mass is 32.1. The van der Waals surface area contributed by atoms with Crippen molar-refractivity contribution in [2.75, 3.05) is 13.2 Å². The van der Waals surface area contributed by atoms with E-state index in [2.05, 4.69) is 17.2 Å². The number of aliphatic hydroxyl groups excluding tert-OH is 1. The lowest BCUT2D eigenvalue weighted by atomic mass is 9.77. The minimum absolute atomic E-state index is 0.112. The van der Waals surface area contributed by atoms with Crippen LogP contribution in [0.15, 0.2) is 11.1 Å². The Morgan fingerprint density at radius 3 is 2.68 bits per heavy atom. The van der Waals surface area contributed by atoms with Gasteiger partial charge in [0.05, 0.1) is 13.2 Å². The molecular formula is C19H25N3O5S. The summed E-state index contributed by atoms with van der Waals surface area (Å²) in [6.45, 7) is 5.29. The van der Waals surface area contributed by atoms with Crippen LogP contribution in [0.1, 0.15) is 50.2 Å². The zero-order valence-electron chi connectivity index (χ0n) is 16.3. The second-order valence-electron chi connectivity index (χ2n) is 7.42. The number of carbonyl (C=O) groups excluding carboxylic acids is 3. The summed E-state index contributed by atoms with van der Waals surface area (Å²) in [7, 11) is 0. The third kappa shape index (κ3) is 3.76. The van der Waals surface area contributed by atoms with E-state index >= 15 is 0 Å². The van der Waals surface area contributed by atoms with Crippen molar-refractivity contribution >= 4 is 34.8 Å².